The van der Waals surface area contributed by atoms with E-state index >= 15 is 0 Å². The molecule has 0 amide bonds. The van der Waals surface area contributed by atoms with Crippen LogP contribution in [0.4, 0.5) is 0 Å². The quantitative estimate of drug-likeness (QED) is 0.0368. The predicted molar refractivity (Wildman–Crippen MR) is 196 cm³/mol. The van der Waals surface area contributed by atoms with Gasteiger partial charge in [0.2, 0.25) is 0 Å². The zero-order valence-corrected chi connectivity index (χ0v) is 31.0. The van der Waals surface area contributed by atoms with Crippen LogP contribution in [0.1, 0.15) is 213 Å². The summed E-state index contributed by atoms with van der Waals surface area (Å²) in [5.41, 5.74) is 0. The molecule has 0 saturated heterocycles. The highest BCUT2D eigenvalue weighted by atomic mass is 16.4. The van der Waals surface area contributed by atoms with Crippen LogP contribution in [0.25, 0.3) is 0 Å². The van der Waals surface area contributed by atoms with Crippen molar-refractivity contribution in [3.05, 3.63) is 0 Å². The molecule has 8 heteroatoms. The first-order valence-corrected chi connectivity index (χ1v) is 19.8. The Morgan fingerprint density at radius 2 is 0.617 bits per heavy atom. The number of rotatable bonds is 34. The van der Waals surface area contributed by atoms with E-state index in [-0.39, 0.29) is 19.3 Å². The summed E-state index contributed by atoms with van der Waals surface area (Å²) in [5, 5.41) is 50.9. The highest BCUT2D eigenvalue weighted by Gasteiger charge is 2.04. The third kappa shape index (κ3) is 54.5. The Bertz CT molecular complexity index is 598. The van der Waals surface area contributed by atoms with Crippen molar-refractivity contribution in [3.8, 4) is 0 Å². The van der Waals surface area contributed by atoms with Crippen LogP contribution in [0, 0.1) is 0 Å². The largest absolute Gasteiger partial charge is 0.481 e. The topological polar surface area (TPSA) is 156 Å². The van der Waals surface area contributed by atoms with Gasteiger partial charge < -0.3 is 30.6 Å². The molecule has 8 nitrogen and oxygen atoms in total. The Kier molecular flexibility index (Phi) is 47.8. The van der Waals surface area contributed by atoms with Crippen molar-refractivity contribution in [2.75, 3.05) is 13.2 Å². The molecule has 0 fully saturated rings. The number of aliphatic carboxylic acids is 2. The Labute approximate surface area is 290 Å². The van der Waals surface area contributed by atoms with Gasteiger partial charge in [0.05, 0.1) is 19.3 Å². The average molecular weight is 677 g/mol. The summed E-state index contributed by atoms with van der Waals surface area (Å²) in [4.78, 5) is 20.7. The van der Waals surface area contributed by atoms with Crippen molar-refractivity contribution in [1.29, 1.82) is 0 Å². The Morgan fingerprint density at radius 1 is 0.383 bits per heavy atom. The molecule has 0 aromatic rings. The molecule has 1 atom stereocenters. The smallest absolute Gasteiger partial charge is 0.303 e. The van der Waals surface area contributed by atoms with Crippen molar-refractivity contribution >= 4 is 11.9 Å². The summed E-state index contributed by atoms with van der Waals surface area (Å²) in [6.07, 6.45) is 35.5. The number of hydrogen-bond acceptors (Lipinski definition) is 6. The lowest BCUT2D eigenvalue weighted by atomic mass is 10.0. The van der Waals surface area contributed by atoms with E-state index in [4.69, 9.17) is 25.5 Å². The van der Waals surface area contributed by atoms with Gasteiger partial charge in [0.25, 0.3) is 0 Å². The van der Waals surface area contributed by atoms with Gasteiger partial charge in [-0.1, -0.05) is 174 Å². The van der Waals surface area contributed by atoms with Crippen LogP contribution in [-0.4, -0.2) is 68.0 Å². The first-order chi connectivity index (χ1) is 22.7. The molecular formula is C39H80O8. The molecule has 0 rings (SSSR count). The maximum atomic E-state index is 10.3. The zero-order valence-electron chi connectivity index (χ0n) is 31.0. The number of carbonyl (C=O) groups is 2. The maximum absolute atomic E-state index is 10.3. The van der Waals surface area contributed by atoms with Gasteiger partial charge in [0, 0.05) is 12.8 Å². The normalized spacial score (nSPS) is 11.5. The highest BCUT2D eigenvalue weighted by Crippen LogP contribution is 2.15. The molecule has 0 spiro atoms. The third-order valence-electron chi connectivity index (χ3n) is 8.48. The molecule has 6 N–H and O–H groups in total. The SMILES string of the molecule is CCCCCCC(O)CCCCCCCCCCC(=O)O.CCCCCCCCCCCCCCCCCC(=O)O.OCC(O)CO. The number of carboxylic acid groups (broad SMARTS) is 2. The molecular weight excluding hydrogens is 596 g/mol. The Hall–Kier alpha value is -1.22. The molecule has 0 saturated carbocycles. The average Bonchev–Trinajstić information content (AvgIpc) is 3.05. The van der Waals surface area contributed by atoms with E-state index in [1.807, 2.05) is 0 Å². The van der Waals surface area contributed by atoms with Crippen LogP contribution in [0.3, 0.4) is 0 Å². The van der Waals surface area contributed by atoms with E-state index < -0.39 is 18.0 Å². The summed E-state index contributed by atoms with van der Waals surface area (Å²) >= 11 is 0. The lowest BCUT2D eigenvalue weighted by Crippen LogP contribution is -2.15. The van der Waals surface area contributed by atoms with E-state index in [1.54, 1.807) is 0 Å². The van der Waals surface area contributed by atoms with E-state index in [0.29, 0.717) is 12.8 Å². The van der Waals surface area contributed by atoms with Crippen molar-refractivity contribution in [2.24, 2.45) is 0 Å². The molecule has 0 aliphatic carbocycles. The molecule has 47 heavy (non-hydrogen) atoms. The molecule has 0 radical (unpaired) electrons. The van der Waals surface area contributed by atoms with Gasteiger partial charge >= 0.3 is 11.9 Å². The van der Waals surface area contributed by atoms with Gasteiger partial charge in [0.15, 0.2) is 0 Å². The molecule has 0 bridgehead atoms. The van der Waals surface area contributed by atoms with Gasteiger partial charge in [0.1, 0.15) is 6.10 Å². The van der Waals surface area contributed by atoms with Gasteiger partial charge in [-0.2, -0.15) is 0 Å². The first kappa shape index (κ1) is 50.2. The van der Waals surface area contributed by atoms with Crippen LogP contribution in [-0.2, 0) is 9.59 Å². The van der Waals surface area contributed by atoms with Gasteiger partial charge in [-0.05, 0) is 25.7 Å². The van der Waals surface area contributed by atoms with Gasteiger partial charge in [-0.15, -0.1) is 0 Å². The summed E-state index contributed by atoms with van der Waals surface area (Å²) < 4.78 is 0. The standard InChI is InChI=1S/C18H36O3.C18H36O2.C3H8O3/c1-2-3-4-11-14-17(19)15-12-9-7-5-6-8-10-13-16-18(20)21;1-2-3-4-5-6-7-8-9-10-11-12-13-14-15-16-17-18(19)20;4-1-3(6)2-5/h17,19H,2-16H2,1H3,(H,20,21);2-17H2,1H3,(H,19,20);3-6H,1-2H2. The molecule has 0 heterocycles. The van der Waals surface area contributed by atoms with Gasteiger partial charge in [-0.25, -0.2) is 0 Å². The minimum atomic E-state index is -0.954. The van der Waals surface area contributed by atoms with Crippen LogP contribution in [0.5, 0.6) is 0 Å². The van der Waals surface area contributed by atoms with E-state index in [1.165, 1.54) is 135 Å². The highest BCUT2D eigenvalue weighted by molar-refractivity contribution is 5.66. The summed E-state index contributed by atoms with van der Waals surface area (Å²) in [6, 6.07) is 0. The molecule has 0 aromatic carbocycles. The van der Waals surface area contributed by atoms with Crippen molar-refractivity contribution in [2.45, 2.75) is 225 Å². The monoisotopic (exact) mass is 677 g/mol. The molecule has 0 aromatic heterocycles. The molecule has 1 unspecified atom stereocenters. The lowest BCUT2D eigenvalue weighted by Gasteiger charge is -2.10. The maximum Gasteiger partial charge on any atom is 0.303 e. The van der Waals surface area contributed by atoms with E-state index in [0.717, 1.165) is 51.4 Å². The van der Waals surface area contributed by atoms with Crippen LogP contribution in [0.15, 0.2) is 0 Å². The molecule has 0 aliphatic heterocycles. The number of aliphatic hydroxyl groups excluding tert-OH is 4. The first-order valence-electron chi connectivity index (χ1n) is 19.8. The summed E-state index contributed by atoms with van der Waals surface area (Å²) in [5.74, 6) is -1.33. The second-order valence-corrected chi connectivity index (χ2v) is 13.4. The van der Waals surface area contributed by atoms with E-state index in [2.05, 4.69) is 13.8 Å². The fourth-order valence-electron chi connectivity index (χ4n) is 5.37. The Balaban J connectivity index is -0.000000702. The van der Waals surface area contributed by atoms with E-state index in [9.17, 15) is 14.7 Å². The van der Waals surface area contributed by atoms with Crippen molar-refractivity contribution < 1.29 is 40.2 Å². The second kappa shape index (κ2) is 44.8. The predicted octanol–water partition coefficient (Wildman–Crippen LogP) is 9.97. The molecule has 0 aliphatic rings. The van der Waals surface area contributed by atoms with Crippen LogP contribution < -0.4 is 0 Å². The van der Waals surface area contributed by atoms with Gasteiger partial charge in [-0.3, -0.25) is 9.59 Å². The minimum Gasteiger partial charge on any atom is -0.481 e. The fourth-order valence-corrected chi connectivity index (χ4v) is 5.37. The minimum absolute atomic E-state index is 0.0853. The summed E-state index contributed by atoms with van der Waals surface area (Å²) in [7, 11) is 0. The summed E-state index contributed by atoms with van der Waals surface area (Å²) in [6.45, 7) is 3.75. The zero-order chi connectivity index (χ0) is 35.6. The molecule has 284 valence electrons. The fraction of sp³-hybridized carbons (Fsp3) is 0.949. The number of unbranched alkanes of at least 4 members (excludes halogenated alkanes) is 24. The van der Waals surface area contributed by atoms with Crippen LogP contribution in [0.2, 0.25) is 0 Å². The Morgan fingerprint density at radius 3 is 0.851 bits per heavy atom. The number of hydrogen-bond donors (Lipinski definition) is 6. The van der Waals surface area contributed by atoms with Crippen molar-refractivity contribution in [3.63, 3.8) is 0 Å². The lowest BCUT2D eigenvalue weighted by molar-refractivity contribution is -0.138. The van der Waals surface area contributed by atoms with Crippen molar-refractivity contribution in [1.82, 2.24) is 0 Å². The number of aliphatic hydroxyl groups is 4. The number of carboxylic acids is 2. The second-order valence-electron chi connectivity index (χ2n) is 13.4. The van der Waals surface area contributed by atoms with Crippen LogP contribution >= 0.6 is 0 Å². The third-order valence-corrected chi connectivity index (χ3v) is 8.48.